The van der Waals surface area contributed by atoms with Crippen LogP contribution in [0.25, 0.3) is 0 Å². The number of rotatable bonds is 4. The second kappa shape index (κ2) is 5.81. The molecule has 1 aromatic carbocycles. The molecular weight excluding hydrogens is 210 g/mol. The zero-order valence-corrected chi connectivity index (χ0v) is 10.0. The zero-order chi connectivity index (χ0) is 12.1. The Balaban J connectivity index is 1.96. The third-order valence-electron chi connectivity index (χ3n) is 3.50. The molecule has 2 unspecified atom stereocenters. The van der Waals surface area contributed by atoms with Crippen LogP contribution in [0.5, 0.6) is 0 Å². The molecule has 17 heavy (non-hydrogen) atoms. The SMILES string of the molecule is N#CC(CN1CCC(CN)C1)c1ccccc1. The maximum absolute atomic E-state index is 9.26. The number of nitrogens with zero attached hydrogens (tertiary/aromatic N) is 2. The van der Waals surface area contributed by atoms with Gasteiger partial charge in [-0.05, 0) is 31.0 Å². The van der Waals surface area contributed by atoms with E-state index in [2.05, 4.69) is 11.0 Å². The molecule has 0 aromatic heterocycles. The normalized spacial score (nSPS) is 22.2. The second-order valence-corrected chi connectivity index (χ2v) is 4.74. The molecular formula is C14H19N3. The number of nitriles is 1. The van der Waals surface area contributed by atoms with Gasteiger partial charge in [0.15, 0.2) is 0 Å². The van der Waals surface area contributed by atoms with Gasteiger partial charge in [0.25, 0.3) is 0 Å². The Morgan fingerprint density at radius 3 is 2.76 bits per heavy atom. The maximum Gasteiger partial charge on any atom is 0.0839 e. The summed E-state index contributed by atoms with van der Waals surface area (Å²) in [7, 11) is 0. The second-order valence-electron chi connectivity index (χ2n) is 4.74. The highest BCUT2D eigenvalue weighted by Gasteiger charge is 2.24. The lowest BCUT2D eigenvalue weighted by molar-refractivity contribution is 0.319. The van der Waals surface area contributed by atoms with Gasteiger partial charge in [-0.15, -0.1) is 0 Å². The fourth-order valence-corrected chi connectivity index (χ4v) is 2.44. The molecule has 0 radical (unpaired) electrons. The van der Waals surface area contributed by atoms with Crippen molar-refractivity contribution in [3.63, 3.8) is 0 Å². The first-order valence-electron chi connectivity index (χ1n) is 6.20. The fraction of sp³-hybridized carbons (Fsp3) is 0.500. The van der Waals surface area contributed by atoms with Crippen LogP contribution in [0.2, 0.25) is 0 Å². The molecule has 1 fully saturated rings. The molecule has 3 nitrogen and oxygen atoms in total. The highest BCUT2D eigenvalue weighted by molar-refractivity contribution is 5.25. The van der Waals surface area contributed by atoms with Gasteiger partial charge in [-0.25, -0.2) is 0 Å². The molecule has 1 aliphatic heterocycles. The van der Waals surface area contributed by atoms with Gasteiger partial charge in [0.1, 0.15) is 0 Å². The maximum atomic E-state index is 9.26. The van der Waals surface area contributed by atoms with Crippen molar-refractivity contribution in [2.75, 3.05) is 26.2 Å². The molecule has 2 N–H and O–H groups in total. The Morgan fingerprint density at radius 1 is 1.41 bits per heavy atom. The molecule has 0 bridgehead atoms. The minimum absolute atomic E-state index is 0.0206. The third kappa shape index (κ3) is 3.06. The van der Waals surface area contributed by atoms with Gasteiger partial charge in [-0.3, -0.25) is 0 Å². The third-order valence-corrected chi connectivity index (χ3v) is 3.50. The summed E-state index contributed by atoms with van der Waals surface area (Å²) < 4.78 is 0. The van der Waals surface area contributed by atoms with Crippen LogP contribution in [0.1, 0.15) is 17.9 Å². The van der Waals surface area contributed by atoms with E-state index in [1.54, 1.807) is 0 Å². The van der Waals surface area contributed by atoms with E-state index in [0.29, 0.717) is 5.92 Å². The van der Waals surface area contributed by atoms with Crippen LogP contribution in [-0.4, -0.2) is 31.1 Å². The van der Waals surface area contributed by atoms with Crippen LogP contribution in [0.4, 0.5) is 0 Å². The van der Waals surface area contributed by atoms with E-state index < -0.39 is 0 Å². The molecule has 1 aromatic rings. The van der Waals surface area contributed by atoms with E-state index in [4.69, 9.17) is 5.73 Å². The summed E-state index contributed by atoms with van der Waals surface area (Å²) in [6.07, 6.45) is 1.17. The highest BCUT2D eigenvalue weighted by atomic mass is 15.1. The van der Waals surface area contributed by atoms with Gasteiger partial charge in [0.05, 0.1) is 12.0 Å². The Labute approximate surface area is 103 Å². The first-order chi connectivity index (χ1) is 8.33. The minimum Gasteiger partial charge on any atom is -0.330 e. The molecule has 90 valence electrons. The summed E-state index contributed by atoms with van der Waals surface area (Å²) in [5.41, 5.74) is 6.80. The van der Waals surface area contributed by atoms with Gasteiger partial charge in [-0.1, -0.05) is 30.3 Å². The van der Waals surface area contributed by atoms with Crippen LogP contribution in [0, 0.1) is 17.2 Å². The van der Waals surface area contributed by atoms with Crippen molar-refractivity contribution in [2.24, 2.45) is 11.7 Å². The summed E-state index contributed by atoms with van der Waals surface area (Å²) in [4.78, 5) is 2.36. The largest absolute Gasteiger partial charge is 0.330 e. The molecule has 1 saturated heterocycles. The highest BCUT2D eigenvalue weighted by Crippen LogP contribution is 2.21. The quantitative estimate of drug-likeness (QED) is 0.852. The zero-order valence-electron chi connectivity index (χ0n) is 10.0. The van der Waals surface area contributed by atoms with Crippen LogP contribution in [-0.2, 0) is 0 Å². The monoisotopic (exact) mass is 229 g/mol. The van der Waals surface area contributed by atoms with Crippen LogP contribution in [0.3, 0.4) is 0 Å². The van der Waals surface area contributed by atoms with E-state index in [1.165, 1.54) is 6.42 Å². The number of nitrogens with two attached hydrogens (primary N) is 1. The molecule has 1 aliphatic rings. The van der Waals surface area contributed by atoms with Gasteiger partial charge in [0, 0.05) is 13.1 Å². The van der Waals surface area contributed by atoms with Crippen molar-refractivity contribution in [1.82, 2.24) is 4.90 Å². The number of likely N-dealkylation sites (tertiary alicyclic amines) is 1. The minimum atomic E-state index is -0.0206. The van der Waals surface area contributed by atoms with Crippen LogP contribution >= 0.6 is 0 Å². The molecule has 2 atom stereocenters. The van der Waals surface area contributed by atoms with E-state index in [1.807, 2.05) is 30.3 Å². The first kappa shape index (κ1) is 12.1. The van der Waals surface area contributed by atoms with Gasteiger partial charge >= 0.3 is 0 Å². The van der Waals surface area contributed by atoms with Crippen molar-refractivity contribution in [3.05, 3.63) is 35.9 Å². The van der Waals surface area contributed by atoms with Gasteiger partial charge in [-0.2, -0.15) is 5.26 Å². The van der Waals surface area contributed by atoms with Crippen molar-refractivity contribution < 1.29 is 0 Å². The number of hydrogen-bond acceptors (Lipinski definition) is 3. The topological polar surface area (TPSA) is 53.0 Å². The van der Waals surface area contributed by atoms with Crippen molar-refractivity contribution in [1.29, 1.82) is 5.26 Å². The van der Waals surface area contributed by atoms with Crippen molar-refractivity contribution in [3.8, 4) is 6.07 Å². The number of hydrogen-bond donors (Lipinski definition) is 1. The molecule has 0 saturated carbocycles. The molecule has 0 amide bonds. The van der Waals surface area contributed by atoms with E-state index >= 15 is 0 Å². The summed E-state index contributed by atoms with van der Waals surface area (Å²) in [5, 5.41) is 9.26. The van der Waals surface area contributed by atoms with Gasteiger partial charge in [0.2, 0.25) is 0 Å². The molecule has 3 heteroatoms. The molecule has 0 spiro atoms. The lowest BCUT2D eigenvalue weighted by Crippen LogP contribution is -2.27. The van der Waals surface area contributed by atoms with Crippen LogP contribution < -0.4 is 5.73 Å². The summed E-state index contributed by atoms with van der Waals surface area (Å²) >= 11 is 0. The molecule has 0 aliphatic carbocycles. The van der Waals surface area contributed by atoms with E-state index in [-0.39, 0.29) is 5.92 Å². The predicted octanol–water partition coefficient (Wildman–Crippen LogP) is 1.57. The summed E-state index contributed by atoms with van der Waals surface area (Å²) in [6, 6.07) is 12.4. The molecule has 2 rings (SSSR count). The average molecular weight is 229 g/mol. The van der Waals surface area contributed by atoms with E-state index in [9.17, 15) is 5.26 Å². The predicted molar refractivity (Wildman–Crippen MR) is 68.4 cm³/mol. The Morgan fingerprint density at radius 2 is 2.18 bits per heavy atom. The van der Waals surface area contributed by atoms with E-state index in [0.717, 1.165) is 31.7 Å². The van der Waals surface area contributed by atoms with Gasteiger partial charge < -0.3 is 10.6 Å². The van der Waals surface area contributed by atoms with Crippen molar-refractivity contribution in [2.45, 2.75) is 12.3 Å². The fourth-order valence-electron chi connectivity index (χ4n) is 2.44. The summed E-state index contributed by atoms with van der Waals surface area (Å²) in [6.45, 7) is 3.71. The summed E-state index contributed by atoms with van der Waals surface area (Å²) in [5.74, 6) is 0.595. The van der Waals surface area contributed by atoms with Crippen molar-refractivity contribution >= 4 is 0 Å². The number of benzene rings is 1. The first-order valence-corrected chi connectivity index (χ1v) is 6.20. The molecule has 1 heterocycles. The Hall–Kier alpha value is -1.37. The standard InChI is InChI=1S/C14H19N3/c15-8-12-6-7-17(10-12)11-14(9-16)13-4-2-1-3-5-13/h1-5,12,14H,6-8,10-11,15H2. The Kier molecular flexibility index (Phi) is 4.13. The lowest BCUT2D eigenvalue weighted by Gasteiger charge is -2.19. The lowest BCUT2D eigenvalue weighted by atomic mass is 10.0. The van der Waals surface area contributed by atoms with Crippen LogP contribution in [0.15, 0.2) is 30.3 Å². The Bertz CT molecular complexity index is 382. The average Bonchev–Trinajstić information content (AvgIpc) is 2.84. The smallest absolute Gasteiger partial charge is 0.0839 e.